The van der Waals surface area contributed by atoms with Gasteiger partial charge in [-0.05, 0) is 51.2 Å². The predicted octanol–water partition coefficient (Wildman–Crippen LogP) is 3.92. The minimum Gasteiger partial charge on any atom is -0.341 e. The smallest absolute Gasteiger partial charge is 0.242 e. The molecule has 1 saturated carbocycles. The lowest BCUT2D eigenvalue weighted by molar-refractivity contribution is -0.133. The number of likely N-dealkylation sites (tertiary alicyclic amines) is 1. The Morgan fingerprint density at radius 1 is 0.960 bits per heavy atom. The molecule has 2 aliphatic rings. The summed E-state index contributed by atoms with van der Waals surface area (Å²) < 4.78 is 0. The van der Waals surface area contributed by atoms with Gasteiger partial charge >= 0.3 is 0 Å². The van der Waals surface area contributed by atoms with Gasteiger partial charge in [0.2, 0.25) is 11.8 Å². The summed E-state index contributed by atoms with van der Waals surface area (Å²) in [5.74, 6) is 0.294. The average Bonchev–Trinajstić information content (AvgIpc) is 2.67. The van der Waals surface area contributed by atoms with Gasteiger partial charge in [-0.25, -0.2) is 0 Å². The van der Waals surface area contributed by atoms with E-state index >= 15 is 0 Å². The van der Waals surface area contributed by atoms with E-state index in [1.807, 2.05) is 36.1 Å². The molecule has 1 aromatic carbocycles. The number of piperidine rings is 1. The van der Waals surface area contributed by atoms with Gasteiger partial charge < -0.3 is 9.80 Å². The molecule has 0 atom stereocenters. The van der Waals surface area contributed by atoms with E-state index in [-0.39, 0.29) is 24.3 Å². The fourth-order valence-electron chi connectivity index (χ4n) is 3.97. The summed E-state index contributed by atoms with van der Waals surface area (Å²) in [5.41, 5.74) is 2.02. The van der Waals surface area contributed by atoms with E-state index < -0.39 is 0 Å². The lowest BCUT2D eigenvalue weighted by atomic mass is 9.88. The van der Waals surface area contributed by atoms with E-state index in [0.29, 0.717) is 0 Å². The zero-order valence-corrected chi connectivity index (χ0v) is 15.4. The Balaban J connectivity index is 1.76. The summed E-state index contributed by atoms with van der Waals surface area (Å²) in [7, 11) is 0. The highest BCUT2D eigenvalue weighted by molar-refractivity contribution is 6.00. The average molecular weight is 342 g/mol. The molecule has 1 saturated heterocycles. The molecule has 2 amide bonds. The van der Waals surface area contributed by atoms with Gasteiger partial charge in [0.15, 0.2) is 0 Å². The maximum Gasteiger partial charge on any atom is 0.242 e. The Morgan fingerprint density at radius 3 is 2.20 bits per heavy atom. The quantitative estimate of drug-likeness (QED) is 0.832. The minimum absolute atomic E-state index is 0.0733. The van der Waals surface area contributed by atoms with Crippen LogP contribution in [0.15, 0.2) is 24.3 Å². The standard InChI is InChI=1S/C21H30N2O2/c1-17-10-12-19(13-11-17)23(21(25)18-8-4-2-5-9-18)16-20(24)22-14-6-3-7-15-22/h10-13,18H,2-9,14-16H2,1H3. The van der Waals surface area contributed by atoms with Crippen LogP contribution in [0, 0.1) is 12.8 Å². The molecule has 0 spiro atoms. The second-order valence-corrected chi connectivity index (χ2v) is 7.54. The summed E-state index contributed by atoms with van der Waals surface area (Å²) in [4.78, 5) is 29.6. The maximum absolute atomic E-state index is 13.2. The van der Waals surface area contributed by atoms with Gasteiger partial charge in [-0.1, -0.05) is 37.0 Å². The van der Waals surface area contributed by atoms with Crippen molar-refractivity contribution in [3.8, 4) is 0 Å². The van der Waals surface area contributed by atoms with E-state index in [1.165, 1.54) is 12.8 Å². The Bertz CT molecular complexity index is 584. The minimum atomic E-state index is 0.0733. The van der Waals surface area contributed by atoms with Crippen LogP contribution in [0.1, 0.15) is 56.9 Å². The zero-order valence-electron chi connectivity index (χ0n) is 15.4. The third-order valence-electron chi connectivity index (χ3n) is 5.57. The van der Waals surface area contributed by atoms with Crippen molar-refractivity contribution in [2.75, 3.05) is 24.5 Å². The Labute approximate surface area is 151 Å². The van der Waals surface area contributed by atoms with E-state index in [0.717, 1.165) is 62.9 Å². The van der Waals surface area contributed by atoms with Gasteiger partial charge in [-0.3, -0.25) is 9.59 Å². The van der Waals surface area contributed by atoms with Crippen LogP contribution in [-0.4, -0.2) is 36.3 Å². The van der Waals surface area contributed by atoms with E-state index in [9.17, 15) is 9.59 Å². The normalized spacial score (nSPS) is 18.8. The Hall–Kier alpha value is -1.84. The highest BCUT2D eigenvalue weighted by Gasteiger charge is 2.29. The zero-order chi connectivity index (χ0) is 17.6. The van der Waals surface area contributed by atoms with E-state index in [4.69, 9.17) is 0 Å². The molecule has 1 aliphatic carbocycles. The third-order valence-corrected chi connectivity index (χ3v) is 5.57. The molecule has 0 bridgehead atoms. The van der Waals surface area contributed by atoms with E-state index in [2.05, 4.69) is 0 Å². The van der Waals surface area contributed by atoms with Gasteiger partial charge in [0.1, 0.15) is 6.54 Å². The van der Waals surface area contributed by atoms with Crippen LogP contribution in [0.25, 0.3) is 0 Å². The molecular weight excluding hydrogens is 312 g/mol. The first-order valence-electron chi connectivity index (χ1n) is 9.81. The fourth-order valence-corrected chi connectivity index (χ4v) is 3.97. The second kappa shape index (κ2) is 8.50. The van der Waals surface area contributed by atoms with Crippen molar-refractivity contribution in [3.05, 3.63) is 29.8 Å². The summed E-state index contributed by atoms with van der Waals surface area (Å²) >= 11 is 0. The lowest BCUT2D eigenvalue weighted by Crippen LogP contribution is -2.46. The first kappa shape index (κ1) is 18.0. The number of benzene rings is 1. The number of aryl methyl sites for hydroxylation is 1. The van der Waals surface area contributed by atoms with Crippen molar-refractivity contribution >= 4 is 17.5 Å². The second-order valence-electron chi connectivity index (χ2n) is 7.54. The van der Waals surface area contributed by atoms with Crippen LogP contribution < -0.4 is 4.90 Å². The van der Waals surface area contributed by atoms with Crippen LogP contribution in [0.3, 0.4) is 0 Å². The van der Waals surface area contributed by atoms with Crippen LogP contribution in [0.5, 0.6) is 0 Å². The third kappa shape index (κ3) is 4.62. The van der Waals surface area contributed by atoms with Crippen molar-refractivity contribution in [2.45, 2.75) is 58.3 Å². The molecule has 0 unspecified atom stereocenters. The molecule has 25 heavy (non-hydrogen) atoms. The molecule has 0 aromatic heterocycles. The maximum atomic E-state index is 13.2. The van der Waals surface area contributed by atoms with Crippen molar-refractivity contribution in [1.29, 1.82) is 0 Å². The molecular formula is C21H30N2O2. The molecule has 1 aromatic rings. The van der Waals surface area contributed by atoms with Gasteiger partial charge in [0, 0.05) is 24.7 Å². The number of carbonyl (C=O) groups excluding carboxylic acids is 2. The molecule has 4 heteroatoms. The molecule has 1 heterocycles. The van der Waals surface area contributed by atoms with Gasteiger partial charge in [0.05, 0.1) is 0 Å². The Morgan fingerprint density at radius 2 is 1.56 bits per heavy atom. The van der Waals surface area contributed by atoms with Crippen molar-refractivity contribution in [3.63, 3.8) is 0 Å². The van der Waals surface area contributed by atoms with Crippen molar-refractivity contribution in [1.82, 2.24) is 4.90 Å². The molecule has 0 N–H and O–H groups in total. The largest absolute Gasteiger partial charge is 0.341 e. The van der Waals surface area contributed by atoms with Crippen LogP contribution >= 0.6 is 0 Å². The molecule has 3 rings (SSSR count). The fraction of sp³-hybridized carbons (Fsp3) is 0.619. The SMILES string of the molecule is Cc1ccc(N(CC(=O)N2CCCCC2)C(=O)C2CCCCC2)cc1. The van der Waals surface area contributed by atoms with Gasteiger partial charge in [0.25, 0.3) is 0 Å². The van der Waals surface area contributed by atoms with Crippen LogP contribution in [0.4, 0.5) is 5.69 Å². The highest BCUT2D eigenvalue weighted by atomic mass is 16.2. The number of amides is 2. The van der Waals surface area contributed by atoms with Crippen LogP contribution in [-0.2, 0) is 9.59 Å². The Kier molecular flexibility index (Phi) is 6.11. The van der Waals surface area contributed by atoms with E-state index in [1.54, 1.807) is 4.90 Å². The van der Waals surface area contributed by atoms with Crippen molar-refractivity contribution in [2.24, 2.45) is 5.92 Å². The van der Waals surface area contributed by atoms with Gasteiger partial charge in [-0.15, -0.1) is 0 Å². The summed E-state index contributed by atoms with van der Waals surface area (Å²) in [6, 6.07) is 7.97. The summed E-state index contributed by atoms with van der Waals surface area (Å²) in [6.45, 7) is 3.88. The number of hydrogen-bond acceptors (Lipinski definition) is 2. The lowest BCUT2D eigenvalue weighted by Gasteiger charge is -2.32. The topological polar surface area (TPSA) is 40.6 Å². The van der Waals surface area contributed by atoms with Crippen LogP contribution in [0.2, 0.25) is 0 Å². The number of nitrogens with zero attached hydrogens (tertiary/aromatic N) is 2. The molecule has 2 fully saturated rings. The highest BCUT2D eigenvalue weighted by Crippen LogP contribution is 2.28. The first-order valence-corrected chi connectivity index (χ1v) is 9.81. The van der Waals surface area contributed by atoms with Gasteiger partial charge in [-0.2, -0.15) is 0 Å². The number of rotatable bonds is 4. The summed E-state index contributed by atoms with van der Waals surface area (Å²) in [6.07, 6.45) is 8.74. The number of anilines is 1. The number of carbonyl (C=O) groups is 2. The summed E-state index contributed by atoms with van der Waals surface area (Å²) in [5, 5.41) is 0. The molecule has 0 radical (unpaired) electrons. The number of hydrogen-bond donors (Lipinski definition) is 0. The molecule has 136 valence electrons. The van der Waals surface area contributed by atoms with Crippen molar-refractivity contribution < 1.29 is 9.59 Å². The predicted molar refractivity (Wildman–Crippen MR) is 101 cm³/mol. The monoisotopic (exact) mass is 342 g/mol. The molecule has 4 nitrogen and oxygen atoms in total. The molecule has 1 aliphatic heterocycles. The first-order chi connectivity index (χ1) is 12.1.